The number of ether oxygens (including phenoxy) is 1. The average molecular weight is 365 g/mol. The molecule has 0 unspecified atom stereocenters. The zero-order valence-electron chi connectivity index (χ0n) is 14.7. The molecule has 0 bridgehead atoms. The predicted octanol–water partition coefficient (Wildman–Crippen LogP) is 1.75. The minimum absolute atomic E-state index is 0.169. The van der Waals surface area contributed by atoms with Crippen LogP contribution in [-0.2, 0) is 35.6 Å². The second-order valence-corrected chi connectivity index (χ2v) is 6.82. The Hall–Kier alpha value is -2.61. The molecule has 1 aliphatic rings. The fourth-order valence-electron chi connectivity index (χ4n) is 3.44. The third-order valence-corrected chi connectivity index (χ3v) is 4.86. The molecule has 1 atom stereocenters. The first kappa shape index (κ1) is 17.8. The molecule has 2 aromatic carbocycles. The minimum Gasteiger partial charge on any atom is -0.464 e. The molecule has 3 N–H and O–H groups in total. The van der Waals surface area contributed by atoms with E-state index in [1.54, 1.807) is 6.26 Å². The monoisotopic (exact) mass is 365 g/mol. The molecule has 6 nitrogen and oxygen atoms in total. The summed E-state index contributed by atoms with van der Waals surface area (Å²) in [6.07, 6.45) is 2.02. The normalized spacial score (nSPS) is 14.1. The van der Waals surface area contributed by atoms with E-state index in [-0.39, 0.29) is 18.7 Å². The number of furan rings is 1. The summed E-state index contributed by atoms with van der Waals surface area (Å²) in [5, 5.41) is 23.1. The lowest BCUT2D eigenvalue weighted by Gasteiger charge is -2.17. The number of para-hydroxylation sites is 1. The summed E-state index contributed by atoms with van der Waals surface area (Å²) < 4.78 is 10.9. The molecule has 0 spiro atoms. The standard InChI is InChI=1S/C20H20BNO5/c23-20(8-13-5-6-14-10-26-11-15(14)7-13)22-19(21(24)25)9-16-12-27-18-4-2-1-3-17(16)18/h1-7,12,19,24-25H,8-11H2,(H,22,23)/t19-/m0/s1. The largest absolute Gasteiger partial charge is 0.475 e. The van der Waals surface area contributed by atoms with Gasteiger partial charge in [-0.05, 0) is 34.7 Å². The van der Waals surface area contributed by atoms with Gasteiger partial charge in [-0.2, -0.15) is 0 Å². The van der Waals surface area contributed by atoms with Crippen LogP contribution < -0.4 is 5.32 Å². The Balaban J connectivity index is 1.44. The van der Waals surface area contributed by atoms with E-state index in [1.165, 1.54) is 0 Å². The highest BCUT2D eigenvalue weighted by Gasteiger charge is 2.27. The highest BCUT2D eigenvalue weighted by atomic mass is 16.5. The highest BCUT2D eigenvalue weighted by Crippen LogP contribution is 2.23. The van der Waals surface area contributed by atoms with E-state index >= 15 is 0 Å². The van der Waals surface area contributed by atoms with Crippen LogP contribution in [0.15, 0.2) is 53.1 Å². The van der Waals surface area contributed by atoms with Crippen LogP contribution in [0.1, 0.15) is 22.3 Å². The van der Waals surface area contributed by atoms with Gasteiger partial charge in [-0.25, -0.2) is 0 Å². The first-order valence-corrected chi connectivity index (χ1v) is 8.89. The van der Waals surface area contributed by atoms with Crippen LogP contribution in [0.2, 0.25) is 0 Å². The summed E-state index contributed by atoms with van der Waals surface area (Å²) in [5.41, 5.74) is 4.67. The van der Waals surface area contributed by atoms with Crippen molar-refractivity contribution in [3.8, 4) is 0 Å². The number of fused-ring (bicyclic) bond motifs is 2. The van der Waals surface area contributed by atoms with E-state index in [1.807, 2.05) is 42.5 Å². The molecule has 0 saturated carbocycles. The number of hydrogen-bond acceptors (Lipinski definition) is 5. The summed E-state index contributed by atoms with van der Waals surface area (Å²) >= 11 is 0. The number of amides is 1. The Morgan fingerprint density at radius 3 is 2.81 bits per heavy atom. The van der Waals surface area contributed by atoms with Crippen molar-refractivity contribution in [1.29, 1.82) is 0 Å². The Morgan fingerprint density at radius 2 is 1.96 bits per heavy atom. The molecule has 1 amide bonds. The van der Waals surface area contributed by atoms with Crippen molar-refractivity contribution in [2.75, 3.05) is 0 Å². The van der Waals surface area contributed by atoms with Crippen LogP contribution in [0.5, 0.6) is 0 Å². The van der Waals surface area contributed by atoms with Crippen molar-refractivity contribution in [1.82, 2.24) is 5.32 Å². The van der Waals surface area contributed by atoms with Gasteiger partial charge < -0.3 is 24.5 Å². The maximum Gasteiger partial charge on any atom is 0.475 e. The molecular formula is C20H20BNO5. The highest BCUT2D eigenvalue weighted by molar-refractivity contribution is 6.43. The lowest BCUT2D eigenvalue weighted by atomic mass is 9.75. The Labute approximate surface area is 156 Å². The second-order valence-electron chi connectivity index (χ2n) is 6.82. The van der Waals surface area contributed by atoms with Gasteiger partial charge in [0, 0.05) is 5.39 Å². The van der Waals surface area contributed by atoms with Crippen molar-refractivity contribution in [3.63, 3.8) is 0 Å². The Kier molecular flexibility index (Phi) is 4.98. The van der Waals surface area contributed by atoms with Crippen LogP contribution in [0, 0.1) is 0 Å². The van der Waals surface area contributed by atoms with E-state index < -0.39 is 13.1 Å². The third-order valence-electron chi connectivity index (χ3n) is 4.86. The van der Waals surface area contributed by atoms with E-state index in [2.05, 4.69) is 5.32 Å². The van der Waals surface area contributed by atoms with Crippen LogP contribution >= 0.6 is 0 Å². The van der Waals surface area contributed by atoms with Gasteiger partial charge in [-0.3, -0.25) is 4.79 Å². The maximum atomic E-state index is 12.4. The molecule has 3 aromatic rings. The second kappa shape index (κ2) is 7.56. The van der Waals surface area contributed by atoms with Crippen molar-refractivity contribution >= 4 is 24.0 Å². The number of benzene rings is 2. The molecule has 27 heavy (non-hydrogen) atoms. The molecule has 0 fully saturated rings. The maximum absolute atomic E-state index is 12.4. The van der Waals surface area contributed by atoms with Crippen LogP contribution in [0.25, 0.3) is 11.0 Å². The van der Waals surface area contributed by atoms with Crippen molar-refractivity contribution < 1.29 is 24.0 Å². The van der Waals surface area contributed by atoms with Crippen molar-refractivity contribution in [2.24, 2.45) is 0 Å². The summed E-state index contributed by atoms with van der Waals surface area (Å²) in [4.78, 5) is 12.4. The van der Waals surface area contributed by atoms with E-state index in [4.69, 9.17) is 9.15 Å². The number of carbonyl (C=O) groups excluding carboxylic acids is 1. The smallest absolute Gasteiger partial charge is 0.464 e. The molecular weight excluding hydrogens is 345 g/mol. The zero-order valence-corrected chi connectivity index (χ0v) is 14.7. The van der Waals surface area contributed by atoms with Crippen LogP contribution in [-0.4, -0.2) is 29.0 Å². The number of carbonyl (C=O) groups is 1. The zero-order chi connectivity index (χ0) is 18.8. The molecule has 0 saturated heterocycles. The molecule has 4 rings (SSSR count). The third kappa shape index (κ3) is 3.90. The van der Waals surface area contributed by atoms with E-state index in [0.29, 0.717) is 13.2 Å². The summed E-state index contributed by atoms with van der Waals surface area (Å²) in [6.45, 7) is 1.18. The molecule has 1 aliphatic heterocycles. The van der Waals surface area contributed by atoms with E-state index in [9.17, 15) is 14.8 Å². The fourth-order valence-corrected chi connectivity index (χ4v) is 3.44. The summed E-state index contributed by atoms with van der Waals surface area (Å²) in [5.74, 6) is -1.09. The minimum atomic E-state index is -1.67. The van der Waals surface area contributed by atoms with Crippen LogP contribution in [0.3, 0.4) is 0 Å². The first-order chi connectivity index (χ1) is 13.1. The Bertz CT molecular complexity index is 968. The van der Waals surface area contributed by atoms with Crippen molar-refractivity contribution in [2.45, 2.75) is 32.0 Å². The molecule has 7 heteroatoms. The SMILES string of the molecule is O=C(Cc1ccc2c(c1)COC2)N[C@@H](Cc1coc2ccccc12)B(O)O. The topological polar surface area (TPSA) is 91.9 Å². The molecule has 0 radical (unpaired) electrons. The van der Waals surface area contributed by atoms with Gasteiger partial charge in [0.15, 0.2) is 0 Å². The first-order valence-electron chi connectivity index (χ1n) is 8.89. The van der Waals surface area contributed by atoms with Crippen molar-refractivity contribution in [3.05, 3.63) is 71.0 Å². The van der Waals surface area contributed by atoms with Gasteiger partial charge in [-0.1, -0.05) is 36.4 Å². The number of rotatable bonds is 6. The van der Waals surface area contributed by atoms with Gasteiger partial charge in [0.25, 0.3) is 0 Å². The van der Waals surface area contributed by atoms with Gasteiger partial charge in [0.05, 0.1) is 31.8 Å². The number of hydrogen-bond donors (Lipinski definition) is 3. The predicted molar refractivity (Wildman–Crippen MR) is 101 cm³/mol. The average Bonchev–Trinajstić information content (AvgIpc) is 3.27. The fraction of sp³-hybridized carbons (Fsp3) is 0.250. The quantitative estimate of drug-likeness (QED) is 0.579. The van der Waals surface area contributed by atoms with Gasteiger partial charge >= 0.3 is 7.12 Å². The molecule has 0 aliphatic carbocycles. The molecule has 138 valence electrons. The lowest BCUT2D eigenvalue weighted by Crippen LogP contribution is -2.48. The van der Waals surface area contributed by atoms with Crippen LogP contribution in [0.4, 0.5) is 0 Å². The van der Waals surface area contributed by atoms with Gasteiger partial charge in [0.2, 0.25) is 5.91 Å². The molecule has 1 aromatic heterocycles. The number of nitrogens with one attached hydrogen (secondary N) is 1. The Morgan fingerprint density at radius 1 is 1.15 bits per heavy atom. The lowest BCUT2D eigenvalue weighted by molar-refractivity contribution is -0.120. The van der Waals surface area contributed by atoms with E-state index in [0.717, 1.165) is 33.2 Å². The van der Waals surface area contributed by atoms with Gasteiger partial charge in [0.1, 0.15) is 5.58 Å². The molecule has 2 heterocycles. The summed E-state index contributed by atoms with van der Waals surface area (Å²) in [6, 6.07) is 13.4. The summed E-state index contributed by atoms with van der Waals surface area (Å²) in [7, 11) is -1.67. The van der Waals surface area contributed by atoms with Gasteiger partial charge in [-0.15, -0.1) is 0 Å².